The highest BCUT2D eigenvalue weighted by Gasteiger charge is 2.29. The molecule has 1 aliphatic rings. The molecule has 1 heterocycles. The summed E-state index contributed by atoms with van der Waals surface area (Å²) in [6, 6.07) is 10.1. The zero-order valence-electron chi connectivity index (χ0n) is 11.0. The third-order valence-corrected chi connectivity index (χ3v) is 3.94. The van der Waals surface area contributed by atoms with Gasteiger partial charge in [-0.15, -0.1) is 0 Å². The molecule has 1 aliphatic heterocycles. The Kier molecular flexibility index (Phi) is 4.19. The van der Waals surface area contributed by atoms with Gasteiger partial charge >= 0.3 is 0 Å². The minimum Gasteiger partial charge on any atom is -0.329 e. The number of aryl methyl sites for hydroxylation is 1. The van der Waals surface area contributed by atoms with Crippen LogP contribution in [0, 0.1) is 6.92 Å². The lowest BCUT2D eigenvalue weighted by Gasteiger charge is -2.32. The molecule has 0 amide bonds. The van der Waals surface area contributed by atoms with Crippen LogP contribution in [0.25, 0.3) is 0 Å². The summed E-state index contributed by atoms with van der Waals surface area (Å²) >= 11 is 0. The summed E-state index contributed by atoms with van der Waals surface area (Å²) in [6.07, 6.45) is 3.72. The first-order valence-electron chi connectivity index (χ1n) is 6.78. The van der Waals surface area contributed by atoms with Gasteiger partial charge in [-0.05, 0) is 38.3 Å². The van der Waals surface area contributed by atoms with E-state index in [1.807, 2.05) is 0 Å². The lowest BCUT2D eigenvalue weighted by Crippen LogP contribution is -2.38. The molecule has 2 atom stereocenters. The van der Waals surface area contributed by atoms with Crippen molar-refractivity contribution in [3.8, 4) is 0 Å². The van der Waals surface area contributed by atoms with Crippen molar-refractivity contribution in [2.45, 2.75) is 45.2 Å². The molecule has 1 aromatic carbocycles. The van der Waals surface area contributed by atoms with Crippen molar-refractivity contribution in [2.24, 2.45) is 5.73 Å². The molecule has 94 valence electrons. The smallest absolute Gasteiger partial charge is 0.0348 e. The Hall–Kier alpha value is -0.860. The first kappa shape index (κ1) is 12.6. The Morgan fingerprint density at radius 3 is 2.65 bits per heavy atom. The maximum atomic E-state index is 5.88. The summed E-state index contributed by atoms with van der Waals surface area (Å²) in [7, 11) is 0. The number of likely N-dealkylation sites (tertiary alicyclic amines) is 1. The van der Waals surface area contributed by atoms with Crippen LogP contribution < -0.4 is 5.73 Å². The molecule has 17 heavy (non-hydrogen) atoms. The minimum absolute atomic E-state index is 0.548. The maximum absolute atomic E-state index is 5.88. The minimum atomic E-state index is 0.548. The summed E-state index contributed by atoms with van der Waals surface area (Å²) < 4.78 is 0. The van der Waals surface area contributed by atoms with Crippen molar-refractivity contribution in [3.63, 3.8) is 0 Å². The number of hydrogen-bond donors (Lipinski definition) is 1. The molecule has 2 unspecified atom stereocenters. The second-order valence-corrected chi connectivity index (χ2v) is 5.10. The monoisotopic (exact) mass is 232 g/mol. The van der Waals surface area contributed by atoms with E-state index < -0.39 is 0 Å². The van der Waals surface area contributed by atoms with E-state index in [1.165, 1.54) is 36.9 Å². The molecule has 0 spiro atoms. The van der Waals surface area contributed by atoms with Crippen molar-refractivity contribution in [2.75, 3.05) is 13.1 Å². The van der Waals surface area contributed by atoms with Crippen LogP contribution in [0.3, 0.4) is 0 Å². The highest BCUT2D eigenvalue weighted by atomic mass is 15.2. The summed E-state index contributed by atoms with van der Waals surface area (Å²) in [5.74, 6) is 0. The molecule has 2 nitrogen and oxygen atoms in total. The molecule has 0 radical (unpaired) electrons. The number of rotatable bonds is 4. The highest BCUT2D eigenvalue weighted by molar-refractivity contribution is 5.24. The Morgan fingerprint density at radius 1 is 1.35 bits per heavy atom. The molecule has 0 saturated carbocycles. The fourth-order valence-electron chi connectivity index (χ4n) is 2.97. The molecule has 2 heteroatoms. The van der Waals surface area contributed by atoms with Crippen LogP contribution in [0.15, 0.2) is 24.3 Å². The zero-order valence-corrected chi connectivity index (χ0v) is 11.0. The van der Waals surface area contributed by atoms with Gasteiger partial charge in [0.2, 0.25) is 0 Å². The fraction of sp³-hybridized carbons (Fsp3) is 0.600. The SMILES string of the molecule is CCC(c1ccc(C)cc1)N1CCCC1CN. The Balaban J connectivity index is 2.18. The predicted octanol–water partition coefficient (Wildman–Crippen LogP) is 2.87. The van der Waals surface area contributed by atoms with Crippen molar-refractivity contribution in [3.05, 3.63) is 35.4 Å². The van der Waals surface area contributed by atoms with Crippen molar-refractivity contribution in [1.82, 2.24) is 4.90 Å². The van der Waals surface area contributed by atoms with Gasteiger partial charge in [0, 0.05) is 18.6 Å². The number of hydrogen-bond acceptors (Lipinski definition) is 2. The number of nitrogens with zero attached hydrogens (tertiary/aromatic N) is 1. The van der Waals surface area contributed by atoms with Gasteiger partial charge in [0.25, 0.3) is 0 Å². The zero-order chi connectivity index (χ0) is 12.3. The van der Waals surface area contributed by atoms with E-state index in [-0.39, 0.29) is 0 Å². The lowest BCUT2D eigenvalue weighted by molar-refractivity contribution is 0.179. The molecule has 2 rings (SSSR count). The summed E-state index contributed by atoms with van der Waals surface area (Å²) in [5.41, 5.74) is 8.65. The third-order valence-electron chi connectivity index (χ3n) is 3.94. The quantitative estimate of drug-likeness (QED) is 0.865. The van der Waals surface area contributed by atoms with E-state index in [2.05, 4.69) is 43.0 Å². The largest absolute Gasteiger partial charge is 0.329 e. The fourth-order valence-corrected chi connectivity index (χ4v) is 2.97. The van der Waals surface area contributed by atoms with Crippen LogP contribution in [-0.2, 0) is 0 Å². The normalized spacial score (nSPS) is 22.9. The van der Waals surface area contributed by atoms with Gasteiger partial charge in [-0.2, -0.15) is 0 Å². The highest BCUT2D eigenvalue weighted by Crippen LogP contribution is 2.31. The van der Waals surface area contributed by atoms with Gasteiger partial charge in [-0.25, -0.2) is 0 Å². The van der Waals surface area contributed by atoms with Gasteiger partial charge in [0.05, 0.1) is 0 Å². The molecule has 1 aromatic rings. The van der Waals surface area contributed by atoms with Crippen LogP contribution in [0.2, 0.25) is 0 Å². The van der Waals surface area contributed by atoms with Gasteiger partial charge in [-0.3, -0.25) is 4.90 Å². The molecule has 1 saturated heterocycles. The van der Waals surface area contributed by atoms with Crippen molar-refractivity contribution < 1.29 is 0 Å². The van der Waals surface area contributed by atoms with Gasteiger partial charge < -0.3 is 5.73 Å². The predicted molar refractivity (Wildman–Crippen MR) is 73.0 cm³/mol. The first-order chi connectivity index (χ1) is 8.26. The molecule has 1 fully saturated rings. The molecule has 0 aliphatic carbocycles. The average molecular weight is 232 g/mol. The van der Waals surface area contributed by atoms with Gasteiger partial charge in [0.1, 0.15) is 0 Å². The van der Waals surface area contributed by atoms with Crippen LogP contribution in [0.5, 0.6) is 0 Å². The van der Waals surface area contributed by atoms with Crippen LogP contribution in [0.1, 0.15) is 43.4 Å². The van der Waals surface area contributed by atoms with Gasteiger partial charge in [-0.1, -0.05) is 36.8 Å². The Bertz CT molecular complexity index is 344. The number of nitrogens with two attached hydrogens (primary N) is 1. The van der Waals surface area contributed by atoms with E-state index in [0.717, 1.165) is 6.54 Å². The first-order valence-corrected chi connectivity index (χ1v) is 6.78. The van der Waals surface area contributed by atoms with Crippen LogP contribution in [-0.4, -0.2) is 24.0 Å². The topological polar surface area (TPSA) is 29.3 Å². The van der Waals surface area contributed by atoms with Crippen molar-refractivity contribution in [1.29, 1.82) is 0 Å². The van der Waals surface area contributed by atoms with E-state index in [4.69, 9.17) is 5.73 Å². The summed E-state index contributed by atoms with van der Waals surface area (Å²) in [5, 5.41) is 0. The second kappa shape index (κ2) is 5.65. The molecular formula is C15H24N2. The van der Waals surface area contributed by atoms with Crippen LogP contribution in [0.4, 0.5) is 0 Å². The van der Waals surface area contributed by atoms with Crippen molar-refractivity contribution >= 4 is 0 Å². The molecule has 0 bridgehead atoms. The molecular weight excluding hydrogens is 208 g/mol. The lowest BCUT2D eigenvalue weighted by atomic mass is 10.0. The standard InChI is InChI=1S/C15H24N2/c1-3-15(13-8-6-12(2)7-9-13)17-10-4-5-14(17)11-16/h6-9,14-15H,3-5,10-11,16H2,1-2H3. The molecule has 0 aromatic heterocycles. The Labute approximate surface area is 105 Å². The summed E-state index contributed by atoms with van der Waals surface area (Å²) in [4.78, 5) is 2.60. The molecule has 2 N–H and O–H groups in total. The average Bonchev–Trinajstić information content (AvgIpc) is 2.81. The van der Waals surface area contributed by atoms with E-state index in [0.29, 0.717) is 12.1 Å². The van der Waals surface area contributed by atoms with Crippen LogP contribution >= 0.6 is 0 Å². The van der Waals surface area contributed by atoms with E-state index >= 15 is 0 Å². The maximum Gasteiger partial charge on any atom is 0.0348 e. The van der Waals surface area contributed by atoms with E-state index in [1.54, 1.807) is 0 Å². The van der Waals surface area contributed by atoms with Gasteiger partial charge in [0.15, 0.2) is 0 Å². The van der Waals surface area contributed by atoms with E-state index in [9.17, 15) is 0 Å². The Morgan fingerprint density at radius 2 is 2.06 bits per heavy atom. The number of benzene rings is 1. The third kappa shape index (κ3) is 2.70. The summed E-state index contributed by atoms with van der Waals surface area (Å²) in [6.45, 7) is 6.41. The second-order valence-electron chi connectivity index (χ2n) is 5.10.